The molecule has 0 saturated carbocycles. The molecular formula is C24H32FN3O4S. The number of hydrogen-bond donors (Lipinski definition) is 1. The summed E-state index contributed by atoms with van der Waals surface area (Å²) in [6, 6.07) is 11.7. The predicted molar refractivity (Wildman–Crippen MR) is 128 cm³/mol. The lowest BCUT2D eigenvalue weighted by atomic mass is 10.1. The van der Waals surface area contributed by atoms with Crippen LogP contribution in [0, 0.1) is 12.7 Å². The van der Waals surface area contributed by atoms with Crippen LogP contribution in [0.25, 0.3) is 0 Å². The molecule has 0 saturated heterocycles. The molecule has 0 unspecified atom stereocenters. The van der Waals surface area contributed by atoms with Gasteiger partial charge in [-0.1, -0.05) is 42.8 Å². The van der Waals surface area contributed by atoms with Gasteiger partial charge in [-0.25, -0.2) is 12.8 Å². The van der Waals surface area contributed by atoms with Crippen molar-refractivity contribution in [1.29, 1.82) is 0 Å². The summed E-state index contributed by atoms with van der Waals surface area (Å²) in [5.41, 5.74) is 1.50. The van der Waals surface area contributed by atoms with Crippen LogP contribution in [0.4, 0.5) is 10.1 Å². The fourth-order valence-corrected chi connectivity index (χ4v) is 4.03. The molecule has 180 valence electrons. The normalized spacial score (nSPS) is 13.2. The molecule has 33 heavy (non-hydrogen) atoms. The maximum atomic E-state index is 14.4. The largest absolute Gasteiger partial charge is 0.352 e. The predicted octanol–water partition coefficient (Wildman–Crippen LogP) is 3.23. The number of amides is 2. The number of nitrogens with one attached hydrogen (secondary N) is 1. The first-order valence-electron chi connectivity index (χ1n) is 10.8. The van der Waals surface area contributed by atoms with E-state index in [4.69, 9.17) is 0 Å². The van der Waals surface area contributed by atoms with Gasteiger partial charge in [0, 0.05) is 18.2 Å². The Morgan fingerprint density at radius 2 is 1.67 bits per heavy atom. The van der Waals surface area contributed by atoms with Crippen LogP contribution in [0.2, 0.25) is 0 Å². The molecule has 2 atom stereocenters. The third-order valence-electron chi connectivity index (χ3n) is 5.47. The van der Waals surface area contributed by atoms with Crippen LogP contribution in [0.1, 0.15) is 38.3 Å². The summed E-state index contributed by atoms with van der Waals surface area (Å²) >= 11 is 0. The van der Waals surface area contributed by atoms with Crippen molar-refractivity contribution >= 4 is 27.5 Å². The Labute approximate surface area is 195 Å². The van der Waals surface area contributed by atoms with Crippen LogP contribution >= 0.6 is 0 Å². The zero-order valence-corrected chi connectivity index (χ0v) is 20.5. The van der Waals surface area contributed by atoms with Crippen LogP contribution in [-0.4, -0.2) is 50.0 Å². The van der Waals surface area contributed by atoms with Gasteiger partial charge in [0.2, 0.25) is 21.8 Å². The van der Waals surface area contributed by atoms with E-state index < -0.39 is 40.2 Å². The van der Waals surface area contributed by atoms with Crippen molar-refractivity contribution in [3.63, 3.8) is 0 Å². The summed E-state index contributed by atoms with van der Waals surface area (Å²) in [6.07, 6.45) is 1.72. The molecule has 0 spiro atoms. The Hall–Kier alpha value is -2.94. The maximum absolute atomic E-state index is 14.4. The molecule has 1 N–H and O–H groups in total. The van der Waals surface area contributed by atoms with E-state index in [9.17, 15) is 22.4 Å². The fourth-order valence-electron chi connectivity index (χ4n) is 3.18. The van der Waals surface area contributed by atoms with Crippen LogP contribution in [0.5, 0.6) is 0 Å². The van der Waals surface area contributed by atoms with Crippen molar-refractivity contribution in [2.45, 2.75) is 52.7 Å². The summed E-state index contributed by atoms with van der Waals surface area (Å²) in [6.45, 7) is 6.49. The highest BCUT2D eigenvalue weighted by Crippen LogP contribution is 2.20. The highest BCUT2D eigenvalue weighted by molar-refractivity contribution is 7.92. The molecule has 0 aliphatic heterocycles. The first kappa shape index (κ1) is 26.3. The lowest BCUT2D eigenvalue weighted by Crippen LogP contribution is -2.52. The van der Waals surface area contributed by atoms with Crippen molar-refractivity contribution in [3.05, 3.63) is 65.5 Å². The fraction of sp³-hybridized carbons (Fsp3) is 0.417. The van der Waals surface area contributed by atoms with E-state index in [-0.39, 0.29) is 18.2 Å². The molecule has 9 heteroatoms. The van der Waals surface area contributed by atoms with E-state index in [0.717, 1.165) is 16.1 Å². The molecule has 0 aliphatic rings. The molecular weight excluding hydrogens is 445 g/mol. The quantitative estimate of drug-likeness (QED) is 0.569. The van der Waals surface area contributed by atoms with Crippen LogP contribution in [0.3, 0.4) is 0 Å². The first-order valence-corrected chi connectivity index (χ1v) is 12.7. The van der Waals surface area contributed by atoms with Gasteiger partial charge in [-0.05, 0) is 45.4 Å². The van der Waals surface area contributed by atoms with Gasteiger partial charge in [0.25, 0.3) is 0 Å². The Kier molecular flexibility index (Phi) is 8.99. The minimum Gasteiger partial charge on any atom is -0.352 e. The minimum atomic E-state index is -3.80. The average molecular weight is 478 g/mol. The van der Waals surface area contributed by atoms with Gasteiger partial charge in [0.15, 0.2) is 0 Å². The van der Waals surface area contributed by atoms with Gasteiger partial charge in [0.05, 0.1) is 11.9 Å². The summed E-state index contributed by atoms with van der Waals surface area (Å²) in [7, 11) is -3.80. The third-order valence-corrected chi connectivity index (χ3v) is 6.61. The highest BCUT2D eigenvalue weighted by atomic mass is 32.2. The third kappa shape index (κ3) is 7.28. The van der Waals surface area contributed by atoms with Crippen molar-refractivity contribution in [1.82, 2.24) is 10.2 Å². The first-order chi connectivity index (χ1) is 15.4. The van der Waals surface area contributed by atoms with Crippen molar-refractivity contribution in [2.75, 3.05) is 17.1 Å². The van der Waals surface area contributed by atoms with E-state index in [0.29, 0.717) is 12.1 Å². The van der Waals surface area contributed by atoms with Gasteiger partial charge in [-0.15, -0.1) is 0 Å². The van der Waals surface area contributed by atoms with Crippen molar-refractivity contribution < 1.29 is 22.4 Å². The Morgan fingerprint density at radius 3 is 2.21 bits per heavy atom. The molecule has 2 aromatic carbocycles. The molecule has 0 aliphatic carbocycles. The molecule has 0 heterocycles. The zero-order valence-electron chi connectivity index (χ0n) is 19.7. The lowest BCUT2D eigenvalue weighted by molar-refractivity contribution is -0.139. The molecule has 2 amide bonds. The van der Waals surface area contributed by atoms with Crippen LogP contribution in [0.15, 0.2) is 48.5 Å². The second kappa shape index (κ2) is 11.3. The SMILES string of the molecule is CC[C@H](C)NC(=O)[C@H](C)N(Cc1ccccc1F)C(=O)CN(c1ccc(C)cc1)S(C)(=O)=O. The van der Waals surface area contributed by atoms with Gasteiger partial charge in [-0.3, -0.25) is 13.9 Å². The molecule has 0 radical (unpaired) electrons. The molecule has 2 rings (SSSR count). The number of anilines is 1. The van der Waals surface area contributed by atoms with Crippen molar-refractivity contribution in [2.24, 2.45) is 0 Å². The second-order valence-corrected chi connectivity index (χ2v) is 10.1. The highest BCUT2D eigenvalue weighted by Gasteiger charge is 2.30. The monoisotopic (exact) mass is 477 g/mol. The van der Waals surface area contributed by atoms with E-state index in [1.165, 1.54) is 23.1 Å². The van der Waals surface area contributed by atoms with E-state index >= 15 is 0 Å². The Bertz CT molecular complexity index is 1070. The number of carbonyl (C=O) groups excluding carboxylic acids is 2. The van der Waals surface area contributed by atoms with Gasteiger partial charge >= 0.3 is 0 Å². The maximum Gasteiger partial charge on any atom is 0.244 e. The van der Waals surface area contributed by atoms with E-state index in [2.05, 4.69) is 5.32 Å². The number of rotatable bonds is 10. The number of sulfonamides is 1. The van der Waals surface area contributed by atoms with Crippen LogP contribution in [-0.2, 0) is 26.2 Å². The van der Waals surface area contributed by atoms with Crippen LogP contribution < -0.4 is 9.62 Å². The molecule has 7 nitrogen and oxygen atoms in total. The number of halogens is 1. The van der Waals surface area contributed by atoms with Gasteiger partial charge in [-0.2, -0.15) is 0 Å². The molecule has 2 aromatic rings. The topological polar surface area (TPSA) is 86.8 Å². The number of benzene rings is 2. The van der Waals surface area contributed by atoms with E-state index in [1.807, 2.05) is 20.8 Å². The summed E-state index contributed by atoms with van der Waals surface area (Å²) in [5.74, 6) is -1.52. The summed E-state index contributed by atoms with van der Waals surface area (Å²) < 4.78 is 40.3. The summed E-state index contributed by atoms with van der Waals surface area (Å²) in [5, 5.41) is 2.83. The zero-order chi connectivity index (χ0) is 24.8. The number of hydrogen-bond acceptors (Lipinski definition) is 4. The number of nitrogens with zero attached hydrogens (tertiary/aromatic N) is 2. The van der Waals surface area contributed by atoms with Crippen molar-refractivity contribution in [3.8, 4) is 0 Å². The standard InChI is InChI=1S/C24H32FN3O4S/c1-6-18(3)26-24(30)19(4)27(15-20-9-7-8-10-22(20)25)23(29)16-28(33(5,31)32)21-13-11-17(2)12-14-21/h7-14,18-19H,6,15-16H2,1-5H3,(H,26,30)/t18-,19-/m0/s1. The Balaban J connectivity index is 2.39. The molecule has 0 aromatic heterocycles. The molecule has 0 fully saturated rings. The smallest absolute Gasteiger partial charge is 0.244 e. The minimum absolute atomic E-state index is 0.106. The van der Waals surface area contributed by atoms with Gasteiger partial charge < -0.3 is 10.2 Å². The van der Waals surface area contributed by atoms with Gasteiger partial charge in [0.1, 0.15) is 18.4 Å². The molecule has 0 bridgehead atoms. The lowest BCUT2D eigenvalue weighted by Gasteiger charge is -2.32. The number of carbonyl (C=O) groups is 2. The summed E-state index contributed by atoms with van der Waals surface area (Å²) in [4.78, 5) is 27.4. The second-order valence-electron chi connectivity index (χ2n) is 8.21. The Morgan fingerprint density at radius 1 is 1.06 bits per heavy atom. The average Bonchev–Trinajstić information content (AvgIpc) is 2.76. The number of aryl methyl sites for hydroxylation is 1. The van der Waals surface area contributed by atoms with E-state index in [1.54, 1.807) is 37.3 Å².